The third-order valence-electron chi connectivity index (χ3n) is 4.38. The number of benzene rings is 2. The fourth-order valence-corrected chi connectivity index (χ4v) is 3.24. The van der Waals surface area contributed by atoms with Crippen LogP contribution in [0.3, 0.4) is 0 Å². The number of nitrogens with one attached hydrogen (secondary N) is 1. The SMILES string of the molecule is COC(=O)C[C@@H](c1ccc([N+](=O)[O-])cc1)[C@H](NC(=O)c1cccc(Br)c1)C(=O)OC. The van der Waals surface area contributed by atoms with Crippen LogP contribution in [0.5, 0.6) is 0 Å². The molecule has 0 fully saturated rings. The number of non-ortho nitro benzene ring substituents is 1. The Morgan fingerprint density at radius 1 is 1.10 bits per heavy atom. The summed E-state index contributed by atoms with van der Waals surface area (Å²) in [5, 5.41) is 13.5. The summed E-state index contributed by atoms with van der Waals surface area (Å²) in [6.07, 6.45) is -0.257. The maximum absolute atomic E-state index is 12.7. The monoisotopic (exact) mass is 478 g/mol. The molecule has 0 bridgehead atoms. The van der Waals surface area contributed by atoms with Gasteiger partial charge in [-0.3, -0.25) is 19.7 Å². The number of halogens is 1. The minimum Gasteiger partial charge on any atom is -0.469 e. The molecule has 2 aromatic rings. The lowest BCUT2D eigenvalue weighted by atomic mass is 9.88. The van der Waals surface area contributed by atoms with Crippen LogP contribution in [0.1, 0.15) is 28.3 Å². The van der Waals surface area contributed by atoms with E-state index in [1.807, 2.05) is 0 Å². The number of methoxy groups -OCH3 is 2. The number of nitro benzene ring substituents is 1. The molecule has 158 valence electrons. The van der Waals surface area contributed by atoms with Crippen LogP contribution in [0.4, 0.5) is 5.69 Å². The quantitative estimate of drug-likeness (QED) is 0.351. The Bertz CT molecular complexity index is 946. The van der Waals surface area contributed by atoms with Crippen molar-refractivity contribution in [1.29, 1.82) is 0 Å². The van der Waals surface area contributed by atoms with Crippen molar-refractivity contribution in [2.24, 2.45) is 0 Å². The van der Waals surface area contributed by atoms with Crippen molar-refractivity contribution in [3.05, 3.63) is 74.2 Å². The van der Waals surface area contributed by atoms with Gasteiger partial charge in [0.25, 0.3) is 11.6 Å². The Kier molecular flexibility index (Phi) is 8.05. The van der Waals surface area contributed by atoms with Crippen LogP contribution < -0.4 is 5.32 Å². The van der Waals surface area contributed by atoms with Gasteiger partial charge in [0.2, 0.25) is 0 Å². The highest BCUT2D eigenvalue weighted by molar-refractivity contribution is 9.10. The van der Waals surface area contributed by atoms with E-state index in [2.05, 4.69) is 21.2 Å². The van der Waals surface area contributed by atoms with Crippen LogP contribution in [0, 0.1) is 10.1 Å². The molecule has 0 aliphatic carbocycles. The first-order valence-electron chi connectivity index (χ1n) is 8.72. The highest BCUT2D eigenvalue weighted by Gasteiger charge is 2.34. The molecule has 1 N–H and O–H groups in total. The first kappa shape index (κ1) is 23.0. The summed E-state index contributed by atoms with van der Waals surface area (Å²) >= 11 is 3.28. The minimum absolute atomic E-state index is 0.150. The third kappa shape index (κ3) is 5.86. The second-order valence-electron chi connectivity index (χ2n) is 6.22. The van der Waals surface area contributed by atoms with Crippen molar-refractivity contribution in [3.8, 4) is 0 Å². The number of carbonyl (C=O) groups excluding carboxylic acids is 3. The number of hydrogen-bond acceptors (Lipinski definition) is 7. The summed E-state index contributed by atoms with van der Waals surface area (Å²) in [5.41, 5.74) is 0.568. The van der Waals surface area contributed by atoms with Gasteiger partial charge in [-0.2, -0.15) is 0 Å². The van der Waals surface area contributed by atoms with Crippen LogP contribution in [0.15, 0.2) is 53.0 Å². The summed E-state index contributed by atoms with van der Waals surface area (Å²) in [4.78, 5) is 47.6. The number of carbonyl (C=O) groups is 3. The van der Waals surface area contributed by atoms with Gasteiger partial charge in [0.15, 0.2) is 0 Å². The van der Waals surface area contributed by atoms with Gasteiger partial charge in [0.05, 0.1) is 25.6 Å². The van der Waals surface area contributed by atoms with Gasteiger partial charge >= 0.3 is 11.9 Å². The first-order valence-corrected chi connectivity index (χ1v) is 9.51. The number of esters is 2. The fraction of sp³-hybridized carbons (Fsp3) is 0.250. The molecule has 30 heavy (non-hydrogen) atoms. The molecule has 2 rings (SSSR count). The highest BCUT2D eigenvalue weighted by Crippen LogP contribution is 2.27. The molecule has 0 aliphatic heterocycles. The zero-order chi connectivity index (χ0) is 22.3. The molecule has 0 aliphatic rings. The minimum atomic E-state index is -1.23. The molecule has 2 aromatic carbocycles. The van der Waals surface area contributed by atoms with Gasteiger partial charge in [-0.15, -0.1) is 0 Å². The lowest BCUT2D eigenvalue weighted by molar-refractivity contribution is -0.384. The van der Waals surface area contributed by atoms with Gasteiger partial charge < -0.3 is 14.8 Å². The number of nitro groups is 1. The van der Waals surface area contributed by atoms with Crippen molar-refractivity contribution in [2.75, 3.05) is 14.2 Å². The number of rotatable bonds is 8. The molecule has 2 atom stereocenters. The normalized spacial score (nSPS) is 12.4. The van der Waals surface area contributed by atoms with E-state index in [1.165, 1.54) is 31.4 Å². The summed E-state index contributed by atoms with van der Waals surface area (Å²) in [5.74, 6) is -2.82. The van der Waals surface area contributed by atoms with Crippen molar-refractivity contribution in [1.82, 2.24) is 5.32 Å². The average Bonchev–Trinajstić information content (AvgIpc) is 2.75. The largest absolute Gasteiger partial charge is 0.469 e. The molecule has 0 heterocycles. The van der Waals surface area contributed by atoms with Gasteiger partial charge in [0.1, 0.15) is 6.04 Å². The molecule has 9 nitrogen and oxygen atoms in total. The molecule has 0 spiro atoms. The molecule has 0 saturated heterocycles. The fourth-order valence-electron chi connectivity index (χ4n) is 2.84. The summed E-state index contributed by atoms with van der Waals surface area (Å²) in [6, 6.07) is 10.7. The Morgan fingerprint density at radius 3 is 2.30 bits per heavy atom. The van der Waals surface area contributed by atoms with Crippen LogP contribution in [0.25, 0.3) is 0 Å². The van der Waals surface area contributed by atoms with Crippen molar-refractivity contribution < 1.29 is 28.8 Å². The van der Waals surface area contributed by atoms with Crippen LogP contribution in [0.2, 0.25) is 0 Å². The molecule has 0 unspecified atom stereocenters. The number of ether oxygens (including phenoxy) is 2. The second-order valence-corrected chi connectivity index (χ2v) is 7.14. The molecule has 0 saturated carbocycles. The Balaban J connectivity index is 2.42. The lowest BCUT2D eigenvalue weighted by Gasteiger charge is -2.26. The summed E-state index contributed by atoms with van der Waals surface area (Å²) in [6.45, 7) is 0. The topological polar surface area (TPSA) is 125 Å². The molecule has 0 aromatic heterocycles. The van der Waals surface area contributed by atoms with E-state index in [4.69, 9.17) is 9.47 Å². The molecular weight excluding hydrogens is 460 g/mol. The van der Waals surface area contributed by atoms with Crippen LogP contribution >= 0.6 is 15.9 Å². The predicted octanol–water partition coefficient (Wildman–Crippen LogP) is 2.98. The second kappa shape index (κ2) is 10.5. The number of nitrogens with zero attached hydrogens (tertiary/aromatic N) is 1. The molecular formula is C20H19BrN2O7. The number of amides is 1. The van der Waals surface area contributed by atoms with Gasteiger partial charge in [-0.1, -0.05) is 34.1 Å². The smallest absolute Gasteiger partial charge is 0.329 e. The van der Waals surface area contributed by atoms with Crippen molar-refractivity contribution in [3.63, 3.8) is 0 Å². The predicted molar refractivity (Wildman–Crippen MR) is 110 cm³/mol. The molecule has 0 radical (unpaired) electrons. The molecule has 10 heteroatoms. The Labute approximate surface area is 180 Å². The van der Waals surface area contributed by atoms with E-state index in [1.54, 1.807) is 24.3 Å². The van der Waals surface area contributed by atoms with E-state index in [9.17, 15) is 24.5 Å². The van der Waals surface area contributed by atoms with E-state index < -0.39 is 34.7 Å². The average molecular weight is 479 g/mol. The van der Waals surface area contributed by atoms with Crippen molar-refractivity contribution >= 4 is 39.5 Å². The third-order valence-corrected chi connectivity index (χ3v) is 4.87. The molecule has 1 amide bonds. The van der Waals surface area contributed by atoms with E-state index in [0.717, 1.165) is 7.11 Å². The highest BCUT2D eigenvalue weighted by atomic mass is 79.9. The zero-order valence-electron chi connectivity index (χ0n) is 16.2. The summed E-state index contributed by atoms with van der Waals surface area (Å²) in [7, 11) is 2.36. The zero-order valence-corrected chi connectivity index (χ0v) is 17.7. The van der Waals surface area contributed by atoms with Gasteiger partial charge in [-0.05, 0) is 23.8 Å². The van der Waals surface area contributed by atoms with E-state index >= 15 is 0 Å². The maximum atomic E-state index is 12.7. The van der Waals surface area contributed by atoms with E-state index in [-0.39, 0.29) is 12.1 Å². The van der Waals surface area contributed by atoms with E-state index in [0.29, 0.717) is 15.6 Å². The van der Waals surface area contributed by atoms with Crippen LogP contribution in [-0.2, 0) is 19.1 Å². The van der Waals surface area contributed by atoms with Crippen molar-refractivity contribution in [2.45, 2.75) is 18.4 Å². The number of hydrogen-bond donors (Lipinski definition) is 1. The first-order chi connectivity index (χ1) is 14.3. The van der Waals surface area contributed by atoms with Gasteiger partial charge in [-0.25, -0.2) is 4.79 Å². The Hall–Kier alpha value is -3.27. The lowest BCUT2D eigenvalue weighted by Crippen LogP contribution is -2.46. The van der Waals surface area contributed by atoms with Crippen LogP contribution in [-0.4, -0.2) is 43.0 Å². The van der Waals surface area contributed by atoms with Gasteiger partial charge in [0, 0.05) is 28.1 Å². The standard InChI is InChI=1S/C20H19BrN2O7/c1-29-17(24)11-16(12-6-8-15(9-7-12)23(27)28)18(20(26)30-2)22-19(25)13-4-3-5-14(21)10-13/h3-10,16,18H,11H2,1-2H3,(H,22,25)/t16-,18-/m0/s1. The summed E-state index contributed by atoms with van der Waals surface area (Å²) < 4.78 is 10.2. The maximum Gasteiger partial charge on any atom is 0.329 e. The Morgan fingerprint density at radius 2 is 1.77 bits per heavy atom.